The molecule has 1 fully saturated rings. The zero-order valence-corrected chi connectivity index (χ0v) is 13.1. The van der Waals surface area contributed by atoms with Gasteiger partial charge in [-0.2, -0.15) is 0 Å². The number of hydrogen-bond acceptors (Lipinski definition) is 2. The highest BCUT2D eigenvalue weighted by Crippen LogP contribution is 2.09. The van der Waals surface area contributed by atoms with E-state index in [0.29, 0.717) is 12.5 Å². The predicted octanol–water partition coefficient (Wildman–Crippen LogP) is 2.31. The number of rotatable bonds is 2. The van der Waals surface area contributed by atoms with Gasteiger partial charge in [-0.1, -0.05) is 6.07 Å². The van der Waals surface area contributed by atoms with Crippen LogP contribution in [-0.2, 0) is 6.54 Å². The second-order valence-corrected chi connectivity index (χ2v) is 4.49. The highest BCUT2D eigenvalue weighted by atomic mass is 127. The fraction of sp³-hybridized carbons (Fsp3) is 0.538. The summed E-state index contributed by atoms with van der Waals surface area (Å²) in [5, 5.41) is 0. The Morgan fingerprint density at radius 2 is 2.11 bits per heavy atom. The van der Waals surface area contributed by atoms with Gasteiger partial charge in [0.25, 0.3) is 0 Å². The molecule has 1 saturated heterocycles. The molecule has 0 aliphatic carbocycles. The van der Waals surface area contributed by atoms with Gasteiger partial charge in [-0.25, -0.2) is 4.99 Å². The lowest BCUT2D eigenvalue weighted by atomic mass is 10.1. The van der Waals surface area contributed by atoms with Gasteiger partial charge in [-0.05, 0) is 37.8 Å². The SMILES string of the molecule is Cc1cccnc1CN=C(N)N1CCCCC1.I. The molecule has 0 amide bonds. The van der Waals surface area contributed by atoms with E-state index in [4.69, 9.17) is 5.73 Å². The molecule has 2 heterocycles. The summed E-state index contributed by atoms with van der Waals surface area (Å²) in [5.41, 5.74) is 8.17. The molecule has 0 aromatic carbocycles. The van der Waals surface area contributed by atoms with Crippen LogP contribution in [-0.4, -0.2) is 28.9 Å². The molecule has 5 heteroatoms. The van der Waals surface area contributed by atoms with Crippen molar-refractivity contribution >= 4 is 29.9 Å². The largest absolute Gasteiger partial charge is 0.370 e. The van der Waals surface area contributed by atoms with E-state index in [1.54, 1.807) is 6.20 Å². The third kappa shape index (κ3) is 4.12. The fourth-order valence-corrected chi connectivity index (χ4v) is 2.06. The lowest BCUT2D eigenvalue weighted by Gasteiger charge is -2.27. The third-order valence-electron chi connectivity index (χ3n) is 3.19. The number of hydrogen-bond donors (Lipinski definition) is 1. The van der Waals surface area contributed by atoms with Crippen molar-refractivity contribution in [3.05, 3.63) is 29.6 Å². The van der Waals surface area contributed by atoms with Gasteiger partial charge in [0.05, 0.1) is 12.2 Å². The first-order chi connectivity index (χ1) is 8.27. The van der Waals surface area contributed by atoms with Crippen LogP contribution in [0.5, 0.6) is 0 Å². The standard InChI is InChI=1S/C13H20N4.HI/c1-11-6-5-7-15-12(11)10-16-13(14)17-8-3-2-4-9-17;/h5-7H,2-4,8-10H2,1H3,(H2,14,16);1H. The Labute approximate surface area is 126 Å². The van der Waals surface area contributed by atoms with Crippen LogP contribution >= 0.6 is 24.0 Å². The number of nitrogens with zero attached hydrogens (tertiary/aromatic N) is 3. The van der Waals surface area contributed by atoms with Crippen molar-refractivity contribution in [3.63, 3.8) is 0 Å². The Kier molecular flexibility index (Phi) is 6.38. The minimum atomic E-state index is 0. The van der Waals surface area contributed by atoms with Crippen molar-refractivity contribution in [1.29, 1.82) is 0 Å². The van der Waals surface area contributed by atoms with Gasteiger partial charge in [0.1, 0.15) is 0 Å². The van der Waals surface area contributed by atoms with Gasteiger partial charge in [-0.3, -0.25) is 4.98 Å². The summed E-state index contributed by atoms with van der Waals surface area (Å²) >= 11 is 0. The molecular formula is C13H21IN4. The normalized spacial score (nSPS) is 16.3. The average Bonchev–Trinajstić information content (AvgIpc) is 2.38. The molecule has 1 aromatic rings. The smallest absolute Gasteiger partial charge is 0.191 e. The lowest BCUT2D eigenvalue weighted by molar-refractivity contribution is 0.338. The van der Waals surface area contributed by atoms with E-state index in [0.717, 1.165) is 18.8 Å². The van der Waals surface area contributed by atoms with E-state index < -0.39 is 0 Å². The Morgan fingerprint density at radius 3 is 2.78 bits per heavy atom. The topological polar surface area (TPSA) is 54.5 Å². The Bertz CT molecular complexity index is 400. The van der Waals surface area contributed by atoms with Crippen molar-refractivity contribution in [2.45, 2.75) is 32.7 Å². The summed E-state index contributed by atoms with van der Waals surface area (Å²) in [4.78, 5) is 10.9. The Balaban J connectivity index is 0.00000162. The highest BCUT2D eigenvalue weighted by molar-refractivity contribution is 14.0. The number of aromatic nitrogens is 1. The van der Waals surface area contributed by atoms with Crippen molar-refractivity contribution in [1.82, 2.24) is 9.88 Å². The van der Waals surface area contributed by atoms with Gasteiger partial charge >= 0.3 is 0 Å². The minimum absolute atomic E-state index is 0. The maximum Gasteiger partial charge on any atom is 0.191 e. The van der Waals surface area contributed by atoms with Crippen LogP contribution in [0.1, 0.15) is 30.5 Å². The van der Waals surface area contributed by atoms with Gasteiger partial charge in [0.2, 0.25) is 0 Å². The number of likely N-dealkylation sites (tertiary alicyclic amines) is 1. The van der Waals surface area contributed by atoms with Crippen molar-refractivity contribution in [2.24, 2.45) is 10.7 Å². The Hall–Kier alpha value is -0.850. The third-order valence-corrected chi connectivity index (χ3v) is 3.19. The van der Waals surface area contributed by atoms with Crippen molar-refractivity contribution < 1.29 is 0 Å². The first-order valence-corrected chi connectivity index (χ1v) is 6.23. The van der Waals surface area contributed by atoms with Crippen LogP contribution in [0.25, 0.3) is 0 Å². The zero-order valence-electron chi connectivity index (χ0n) is 10.8. The molecule has 0 bridgehead atoms. The molecule has 1 aliphatic rings. The number of piperidine rings is 1. The van der Waals surface area contributed by atoms with E-state index in [1.165, 1.54) is 24.8 Å². The summed E-state index contributed by atoms with van der Waals surface area (Å²) in [5.74, 6) is 0.662. The molecule has 4 nitrogen and oxygen atoms in total. The summed E-state index contributed by atoms with van der Waals surface area (Å²) < 4.78 is 0. The number of aliphatic imine (C=N–C) groups is 1. The lowest BCUT2D eigenvalue weighted by Crippen LogP contribution is -2.40. The Morgan fingerprint density at radius 1 is 1.39 bits per heavy atom. The van der Waals surface area contributed by atoms with E-state index in [-0.39, 0.29) is 24.0 Å². The minimum Gasteiger partial charge on any atom is -0.370 e. The first-order valence-electron chi connectivity index (χ1n) is 6.23. The van der Waals surface area contributed by atoms with Gasteiger partial charge < -0.3 is 10.6 Å². The van der Waals surface area contributed by atoms with E-state index >= 15 is 0 Å². The molecule has 18 heavy (non-hydrogen) atoms. The van der Waals surface area contributed by atoms with Crippen LogP contribution in [0.4, 0.5) is 0 Å². The molecule has 2 N–H and O–H groups in total. The van der Waals surface area contributed by atoms with E-state index in [1.807, 2.05) is 6.07 Å². The fourth-order valence-electron chi connectivity index (χ4n) is 2.06. The maximum atomic E-state index is 5.99. The number of halogens is 1. The molecule has 0 radical (unpaired) electrons. The highest BCUT2D eigenvalue weighted by Gasteiger charge is 2.11. The molecule has 2 rings (SSSR count). The second-order valence-electron chi connectivity index (χ2n) is 4.49. The average molecular weight is 360 g/mol. The molecule has 1 aromatic heterocycles. The first kappa shape index (κ1) is 15.2. The van der Waals surface area contributed by atoms with Crippen molar-refractivity contribution in [3.8, 4) is 0 Å². The summed E-state index contributed by atoms with van der Waals surface area (Å²) in [6.45, 7) is 4.71. The molecule has 1 aliphatic heterocycles. The van der Waals surface area contributed by atoms with Crippen molar-refractivity contribution in [2.75, 3.05) is 13.1 Å². The molecule has 0 atom stereocenters. The number of pyridine rings is 1. The summed E-state index contributed by atoms with van der Waals surface area (Å²) in [7, 11) is 0. The van der Waals surface area contributed by atoms with Gasteiger partial charge in [-0.15, -0.1) is 24.0 Å². The molecule has 0 unspecified atom stereocenters. The van der Waals surface area contributed by atoms with Crippen LogP contribution in [0.3, 0.4) is 0 Å². The zero-order chi connectivity index (χ0) is 12.1. The van der Waals surface area contributed by atoms with E-state index in [2.05, 4.69) is 27.9 Å². The molecular weight excluding hydrogens is 339 g/mol. The number of aryl methyl sites for hydroxylation is 1. The monoisotopic (exact) mass is 360 g/mol. The molecule has 100 valence electrons. The summed E-state index contributed by atoms with van der Waals surface area (Å²) in [6.07, 6.45) is 5.55. The summed E-state index contributed by atoms with van der Waals surface area (Å²) in [6, 6.07) is 3.99. The van der Waals surface area contributed by atoms with Crippen LogP contribution < -0.4 is 5.73 Å². The van der Waals surface area contributed by atoms with Crippen LogP contribution in [0, 0.1) is 6.92 Å². The van der Waals surface area contributed by atoms with Crippen LogP contribution in [0.15, 0.2) is 23.3 Å². The molecule has 0 spiro atoms. The van der Waals surface area contributed by atoms with E-state index in [9.17, 15) is 0 Å². The molecule has 0 saturated carbocycles. The quantitative estimate of drug-likeness (QED) is 0.500. The van der Waals surface area contributed by atoms with Crippen LogP contribution in [0.2, 0.25) is 0 Å². The number of nitrogens with two attached hydrogens (primary N) is 1. The predicted molar refractivity (Wildman–Crippen MR) is 85.1 cm³/mol. The maximum absolute atomic E-state index is 5.99. The van der Waals surface area contributed by atoms with Gasteiger partial charge in [0, 0.05) is 19.3 Å². The second kappa shape index (κ2) is 7.56. The number of guanidine groups is 1. The van der Waals surface area contributed by atoms with Gasteiger partial charge in [0.15, 0.2) is 5.96 Å².